The Morgan fingerprint density at radius 2 is 2.00 bits per heavy atom. The molecule has 162 valence electrons. The van der Waals surface area contributed by atoms with Crippen LogP contribution in [0.2, 0.25) is 0 Å². The molecule has 1 aromatic carbocycles. The number of esters is 1. The fourth-order valence-electron chi connectivity index (χ4n) is 3.56. The Bertz CT molecular complexity index is 847. The van der Waals surface area contributed by atoms with Gasteiger partial charge in [0, 0.05) is 18.7 Å². The standard InChI is InChI=1S/C20H24FN3O5S/c1-12(2)9-22-19(28)23-16(25)10-29-18(27)15-11-30-20(8-7-17(26)24(15)20)13-3-5-14(21)6-4-13/h3-6,12,15H,7-11H2,1-2H3,(H2,22,23,25,28)/t15-,20+/m1/s1. The number of carbonyl (C=O) groups is 4. The molecule has 2 saturated heterocycles. The van der Waals surface area contributed by atoms with Gasteiger partial charge in [-0.2, -0.15) is 0 Å². The largest absolute Gasteiger partial charge is 0.454 e. The van der Waals surface area contributed by atoms with Crippen molar-refractivity contribution in [3.05, 3.63) is 35.6 Å². The first-order valence-corrected chi connectivity index (χ1v) is 10.7. The van der Waals surface area contributed by atoms with E-state index in [4.69, 9.17) is 4.74 Å². The molecule has 0 aromatic heterocycles. The molecule has 1 aromatic rings. The minimum absolute atomic E-state index is 0.191. The summed E-state index contributed by atoms with van der Waals surface area (Å²) in [6.45, 7) is 3.60. The first kappa shape index (κ1) is 22.1. The van der Waals surface area contributed by atoms with Gasteiger partial charge >= 0.3 is 12.0 Å². The molecule has 0 unspecified atom stereocenters. The van der Waals surface area contributed by atoms with Gasteiger partial charge in [0.25, 0.3) is 5.91 Å². The molecule has 2 aliphatic heterocycles. The van der Waals surface area contributed by atoms with Crippen LogP contribution in [0, 0.1) is 11.7 Å². The van der Waals surface area contributed by atoms with E-state index < -0.39 is 35.4 Å². The average molecular weight is 437 g/mol. The summed E-state index contributed by atoms with van der Waals surface area (Å²) in [6, 6.07) is 4.37. The third-order valence-electron chi connectivity index (χ3n) is 4.96. The summed E-state index contributed by atoms with van der Waals surface area (Å²) in [6.07, 6.45) is 0.771. The van der Waals surface area contributed by atoms with Crippen LogP contribution in [0.15, 0.2) is 24.3 Å². The van der Waals surface area contributed by atoms with Crippen molar-refractivity contribution in [2.75, 3.05) is 18.9 Å². The predicted octanol–water partition coefficient (Wildman–Crippen LogP) is 1.74. The van der Waals surface area contributed by atoms with E-state index in [1.165, 1.54) is 28.8 Å². The van der Waals surface area contributed by atoms with E-state index in [9.17, 15) is 23.6 Å². The maximum absolute atomic E-state index is 13.3. The molecule has 2 N–H and O–H groups in total. The van der Waals surface area contributed by atoms with Crippen molar-refractivity contribution in [2.24, 2.45) is 5.92 Å². The number of fused-ring (bicyclic) bond motifs is 1. The number of halogens is 1. The smallest absolute Gasteiger partial charge is 0.330 e. The molecule has 2 aliphatic rings. The number of imide groups is 1. The van der Waals surface area contributed by atoms with Gasteiger partial charge in [0.05, 0.1) is 0 Å². The maximum Gasteiger partial charge on any atom is 0.330 e. The lowest BCUT2D eigenvalue weighted by Crippen LogP contribution is -2.48. The normalized spacial score (nSPS) is 22.7. The number of urea groups is 1. The lowest BCUT2D eigenvalue weighted by Gasteiger charge is -2.33. The van der Waals surface area contributed by atoms with Crippen LogP contribution in [-0.2, 0) is 24.0 Å². The number of ether oxygens (including phenoxy) is 1. The van der Waals surface area contributed by atoms with E-state index in [-0.39, 0.29) is 24.1 Å². The van der Waals surface area contributed by atoms with Crippen LogP contribution in [0.3, 0.4) is 0 Å². The highest BCUT2D eigenvalue weighted by atomic mass is 32.2. The van der Waals surface area contributed by atoms with E-state index >= 15 is 0 Å². The van der Waals surface area contributed by atoms with Gasteiger partial charge in [-0.25, -0.2) is 14.0 Å². The lowest BCUT2D eigenvalue weighted by molar-refractivity contribution is -0.156. The molecule has 0 saturated carbocycles. The van der Waals surface area contributed by atoms with E-state index in [2.05, 4.69) is 10.6 Å². The number of hydrogen-bond donors (Lipinski definition) is 2. The zero-order valence-corrected chi connectivity index (χ0v) is 17.6. The summed E-state index contributed by atoms with van der Waals surface area (Å²) in [5, 5.41) is 4.61. The Balaban J connectivity index is 1.60. The lowest BCUT2D eigenvalue weighted by atomic mass is 10.0. The van der Waals surface area contributed by atoms with Crippen molar-refractivity contribution < 1.29 is 28.3 Å². The first-order chi connectivity index (χ1) is 14.2. The van der Waals surface area contributed by atoms with Crippen molar-refractivity contribution in [3.63, 3.8) is 0 Å². The summed E-state index contributed by atoms with van der Waals surface area (Å²) < 4.78 is 18.4. The van der Waals surface area contributed by atoms with Crippen molar-refractivity contribution in [2.45, 2.75) is 37.6 Å². The third-order valence-corrected chi connectivity index (χ3v) is 6.56. The van der Waals surface area contributed by atoms with Crippen molar-refractivity contribution in [1.82, 2.24) is 15.5 Å². The maximum atomic E-state index is 13.3. The van der Waals surface area contributed by atoms with Crippen LogP contribution >= 0.6 is 11.8 Å². The molecule has 0 aliphatic carbocycles. The number of nitrogens with zero attached hydrogens (tertiary/aromatic N) is 1. The van der Waals surface area contributed by atoms with Crippen LogP contribution in [0.1, 0.15) is 32.3 Å². The Hall–Kier alpha value is -2.62. The van der Waals surface area contributed by atoms with Crippen molar-refractivity contribution >= 4 is 35.6 Å². The van der Waals surface area contributed by atoms with Crippen LogP contribution in [0.5, 0.6) is 0 Å². The second-order valence-corrected chi connectivity index (χ2v) is 8.94. The predicted molar refractivity (Wildman–Crippen MR) is 108 cm³/mol. The van der Waals surface area contributed by atoms with Crippen LogP contribution in [0.4, 0.5) is 9.18 Å². The van der Waals surface area contributed by atoms with Gasteiger partial charge in [-0.15, -0.1) is 11.8 Å². The Morgan fingerprint density at radius 3 is 2.67 bits per heavy atom. The number of nitrogens with one attached hydrogen (secondary N) is 2. The molecule has 2 heterocycles. The average Bonchev–Trinajstić information content (AvgIpc) is 3.24. The molecule has 2 atom stereocenters. The SMILES string of the molecule is CC(C)CNC(=O)NC(=O)COC(=O)[C@H]1CS[C@]2(c3ccc(F)cc3)CCC(=O)N12. The number of amides is 4. The highest BCUT2D eigenvalue weighted by Crippen LogP contribution is 2.54. The van der Waals surface area contributed by atoms with Gasteiger partial charge in [0.15, 0.2) is 6.61 Å². The summed E-state index contributed by atoms with van der Waals surface area (Å²) >= 11 is 1.43. The van der Waals surface area contributed by atoms with Gasteiger partial charge in [-0.3, -0.25) is 14.9 Å². The molecule has 8 nitrogen and oxygen atoms in total. The van der Waals surface area contributed by atoms with Crippen molar-refractivity contribution in [3.8, 4) is 0 Å². The topological polar surface area (TPSA) is 105 Å². The van der Waals surface area contributed by atoms with E-state index in [0.29, 0.717) is 18.7 Å². The zero-order chi connectivity index (χ0) is 21.9. The van der Waals surface area contributed by atoms with Gasteiger partial charge in [-0.1, -0.05) is 26.0 Å². The third kappa shape index (κ3) is 4.58. The second-order valence-electron chi connectivity index (χ2n) is 7.64. The van der Waals surface area contributed by atoms with E-state index in [0.717, 1.165) is 5.56 Å². The van der Waals surface area contributed by atoms with Crippen LogP contribution in [0.25, 0.3) is 0 Å². The molecule has 0 radical (unpaired) electrons. The van der Waals surface area contributed by atoms with Gasteiger partial charge in [0.2, 0.25) is 5.91 Å². The van der Waals surface area contributed by atoms with Gasteiger partial charge in [0.1, 0.15) is 16.7 Å². The highest BCUT2D eigenvalue weighted by Gasteiger charge is 2.57. The number of thioether (sulfide) groups is 1. The Kier molecular flexibility index (Phi) is 6.64. The molecular weight excluding hydrogens is 413 g/mol. The number of hydrogen-bond acceptors (Lipinski definition) is 6. The second kappa shape index (κ2) is 9.03. The minimum atomic E-state index is -0.849. The molecule has 30 heavy (non-hydrogen) atoms. The van der Waals surface area contributed by atoms with E-state index in [1.54, 1.807) is 12.1 Å². The molecule has 10 heteroatoms. The van der Waals surface area contributed by atoms with Crippen molar-refractivity contribution in [1.29, 1.82) is 0 Å². The zero-order valence-electron chi connectivity index (χ0n) is 16.8. The fraction of sp³-hybridized carbons (Fsp3) is 0.500. The molecule has 3 rings (SSSR count). The Labute approximate surface area is 177 Å². The minimum Gasteiger partial charge on any atom is -0.454 e. The van der Waals surface area contributed by atoms with Crippen LogP contribution < -0.4 is 10.6 Å². The van der Waals surface area contributed by atoms with Gasteiger partial charge < -0.3 is 15.0 Å². The number of rotatable bonds is 6. The number of carbonyl (C=O) groups excluding carboxylic acids is 4. The molecular formula is C20H24FN3O5S. The quantitative estimate of drug-likeness (QED) is 0.657. The summed E-state index contributed by atoms with van der Waals surface area (Å²) in [5.74, 6) is -1.51. The number of benzene rings is 1. The fourth-order valence-corrected chi connectivity index (χ4v) is 5.20. The van der Waals surface area contributed by atoms with Gasteiger partial charge in [-0.05, 0) is 30.0 Å². The molecule has 0 bridgehead atoms. The monoisotopic (exact) mass is 437 g/mol. The summed E-state index contributed by atoms with van der Waals surface area (Å²) in [4.78, 5) is 49.3. The molecule has 2 fully saturated rings. The van der Waals surface area contributed by atoms with E-state index in [1.807, 2.05) is 13.8 Å². The first-order valence-electron chi connectivity index (χ1n) is 9.69. The summed E-state index contributed by atoms with van der Waals surface area (Å²) in [7, 11) is 0. The molecule has 0 spiro atoms. The highest BCUT2D eigenvalue weighted by molar-refractivity contribution is 8.00. The van der Waals surface area contributed by atoms with Crippen LogP contribution in [-0.4, -0.2) is 53.7 Å². The molecule has 4 amide bonds. The Morgan fingerprint density at radius 1 is 1.30 bits per heavy atom. The summed E-state index contributed by atoms with van der Waals surface area (Å²) in [5.41, 5.74) is 0.745.